The number of anilines is 1. The van der Waals surface area contributed by atoms with E-state index in [2.05, 4.69) is 15.8 Å². The van der Waals surface area contributed by atoms with Gasteiger partial charge in [0.2, 0.25) is 0 Å². The summed E-state index contributed by atoms with van der Waals surface area (Å²) in [5.41, 5.74) is 2.50. The van der Waals surface area contributed by atoms with Crippen LogP contribution in [0.5, 0.6) is 0 Å². The topological polar surface area (TPSA) is 53.5 Å². The second-order valence-corrected chi connectivity index (χ2v) is 6.55. The Bertz CT molecular complexity index is 885. The molecule has 27 heavy (non-hydrogen) atoms. The molecule has 2 aromatic rings. The fourth-order valence-electron chi connectivity index (χ4n) is 2.04. The van der Waals surface area contributed by atoms with Gasteiger partial charge >= 0.3 is 6.18 Å². The largest absolute Gasteiger partial charge is 0.416 e. The van der Waals surface area contributed by atoms with Crippen LogP contribution in [0.3, 0.4) is 0 Å². The number of halogens is 6. The monoisotopic (exact) mass is 437 g/mol. The molecule has 0 bridgehead atoms. The summed E-state index contributed by atoms with van der Waals surface area (Å²) >= 11 is 17.9. The summed E-state index contributed by atoms with van der Waals surface area (Å²) < 4.78 is 38.0. The molecule has 1 amide bonds. The Morgan fingerprint density at radius 1 is 1.11 bits per heavy atom. The second-order valence-electron chi connectivity index (χ2n) is 5.39. The van der Waals surface area contributed by atoms with Crippen LogP contribution in [0.15, 0.2) is 41.5 Å². The highest BCUT2D eigenvalue weighted by Gasteiger charge is 2.30. The zero-order valence-electron chi connectivity index (χ0n) is 13.8. The summed E-state index contributed by atoms with van der Waals surface area (Å²) in [7, 11) is 0. The molecule has 2 rings (SSSR count). The molecule has 0 radical (unpaired) electrons. The van der Waals surface area contributed by atoms with Crippen molar-refractivity contribution in [3.8, 4) is 0 Å². The highest BCUT2D eigenvalue weighted by atomic mass is 35.5. The van der Waals surface area contributed by atoms with Gasteiger partial charge in [-0.25, -0.2) is 5.43 Å². The molecule has 0 aliphatic heterocycles. The van der Waals surface area contributed by atoms with Crippen LogP contribution in [0.25, 0.3) is 0 Å². The van der Waals surface area contributed by atoms with Crippen molar-refractivity contribution < 1.29 is 18.0 Å². The van der Waals surface area contributed by atoms with Crippen molar-refractivity contribution >= 4 is 52.1 Å². The first kappa shape index (κ1) is 21.3. The van der Waals surface area contributed by atoms with Gasteiger partial charge in [0.05, 0.1) is 32.9 Å². The summed E-state index contributed by atoms with van der Waals surface area (Å²) in [6.45, 7) is 1.33. The number of nitrogens with one attached hydrogen (secondary N) is 2. The third kappa shape index (κ3) is 5.76. The molecule has 0 heterocycles. The van der Waals surface area contributed by atoms with Gasteiger partial charge < -0.3 is 5.32 Å². The van der Waals surface area contributed by atoms with Crippen molar-refractivity contribution in [1.29, 1.82) is 0 Å². The summed E-state index contributed by atoms with van der Waals surface area (Å²) in [5, 5.41) is 7.16. The quantitative estimate of drug-likeness (QED) is 0.362. The van der Waals surface area contributed by atoms with Crippen molar-refractivity contribution in [2.75, 3.05) is 11.9 Å². The molecule has 0 spiro atoms. The minimum Gasteiger partial charge on any atom is -0.376 e. The molecule has 0 saturated carbocycles. The highest BCUT2D eigenvalue weighted by molar-refractivity contribution is 6.49. The van der Waals surface area contributed by atoms with Crippen LogP contribution < -0.4 is 10.7 Å². The fourth-order valence-corrected chi connectivity index (χ4v) is 2.71. The Labute approximate surface area is 168 Å². The number of carbonyl (C=O) groups is 1. The van der Waals surface area contributed by atoms with E-state index in [9.17, 15) is 18.0 Å². The predicted octanol–water partition coefficient (Wildman–Crippen LogP) is 5.62. The maximum atomic E-state index is 12.7. The van der Waals surface area contributed by atoms with Crippen molar-refractivity contribution in [2.45, 2.75) is 13.1 Å². The number of hydrogen-bond donors (Lipinski definition) is 2. The third-order valence-electron chi connectivity index (χ3n) is 3.42. The van der Waals surface area contributed by atoms with Gasteiger partial charge in [-0.15, -0.1) is 0 Å². The van der Waals surface area contributed by atoms with Gasteiger partial charge in [0.25, 0.3) is 5.91 Å². The number of amides is 1. The molecule has 4 nitrogen and oxygen atoms in total. The van der Waals surface area contributed by atoms with Crippen molar-refractivity contribution in [3.63, 3.8) is 0 Å². The number of rotatable bonds is 5. The molecule has 2 N–H and O–H groups in total. The first-order valence-electron chi connectivity index (χ1n) is 7.47. The second kappa shape index (κ2) is 8.82. The third-order valence-corrected chi connectivity index (χ3v) is 4.71. The first-order chi connectivity index (χ1) is 12.6. The van der Waals surface area contributed by atoms with E-state index in [0.29, 0.717) is 11.3 Å². The lowest BCUT2D eigenvalue weighted by Gasteiger charge is -2.10. The lowest BCUT2D eigenvalue weighted by Crippen LogP contribution is -2.27. The number of hydrazone groups is 1. The Kier molecular flexibility index (Phi) is 6.97. The predicted molar refractivity (Wildman–Crippen MR) is 102 cm³/mol. The summed E-state index contributed by atoms with van der Waals surface area (Å²) in [6.07, 6.45) is -4.46. The number of hydrogen-bond acceptors (Lipinski definition) is 3. The van der Waals surface area contributed by atoms with Crippen LogP contribution in [0, 0.1) is 0 Å². The maximum absolute atomic E-state index is 12.7. The lowest BCUT2D eigenvalue weighted by atomic mass is 10.1. The van der Waals surface area contributed by atoms with E-state index >= 15 is 0 Å². The number of alkyl halides is 3. The average molecular weight is 439 g/mol. The normalized spacial score (nSPS) is 12.0. The highest BCUT2D eigenvalue weighted by Crippen LogP contribution is 2.33. The van der Waals surface area contributed by atoms with Crippen molar-refractivity contribution in [3.05, 3.63) is 62.6 Å². The smallest absolute Gasteiger partial charge is 0.376 e. The Morgan fingerprint density at radius 2 is 1.81 bits per heavy atom. The lowest BCUT2D eigenvalue weighted by molar-refractivity contribution is -0.137. The van der Waals surface area contributed by atoms with E-state index in [0.717, 1.165) is 12.1 Å². The zero-order valence-corrected chi connectivity index (χ0v) is 16.1. The SMILES string of the molecule is CC(=NNC(=O)CNc1cccc(C(F)(F)F)c1)c1ccc(Cl)c(Cl)c1Cl. The molecule has 0 saturated heterocycles. The molecule has 144 valence electrons. The van der Waals surface area contributed by atoms with Gasteiger partial charge in [0, 0.05) is 11.3 Å². The number of benzene rings is 2. The summed E-state index contributed by atoms with van der Waals surface area (Å²) in [6, 6.07) is 7.67. The van der Waals surface area contributed by atoms with Crippen LogP contribution in [0.2, 0.25) is 15.1 Å². The minimum atomic E-state index is -4.46. The first-order valence-corrected chi connectivity index (χ1v) is 8.61. The minimum absolute atomic E-state index is 0.160. The van der Waals surface area contributed by atoms with E-state index in [1.165, 1.54) is 12.1 Å². The van der Waals surface area contributed by atoms with E-state index in [4.69, 9.17) is 34.8 Å². The molecule has 2 aromatic carbocycles. The fraction of sp³-hybridized carbons (Fsp3) is 0.176. The molecule has 0 aromatic heterocycles. The summed E-state index contributed by atoms with van der Waals surface area (Å²) in [4.78, 5) is 11.9. The Hall–Kier alpha value is -1.96. The van der Waals surface area contributed by atoms with Gasteiger partial charge in [-0.1, -0.05) is 46.9 Å². The maximum Gasteiger partial charge on any atom is 0.416 e. The Morgan fingerprint density at radius 3 is 2.48 bits per heavy atom. The molecule has 10 heteroatoms. The Balaban J connectivity index is 1.98. The van der Waals surface area contributed by atoms with Gasteiger partial charge in [-0.2, -0.15) is 18.3 Å². The molecule has 0 aliphatic carbocycles. The van der Waals surface area contributed by atoms with Gasteiger partial charge in [0.15, 0.2) is 0 Å². The molecular weight excluding hydrogens is 426 g/mol. The van der Waals surface area contributed by atoms with Crippen LogP contribution in [-0.2, 0) is 11.0 Å². The van der Waals surface area contributed by atoms with Crippen LogP contribution in [0.1, 0.15) is 18.1 Å². The molecule has 0 unspecified atom stereocenters. The van der Waals surface area contributed by atoms with Gasteiger partial charge in [0.1, 0.15) is 0 Å². The summed E-state index contributed by atoms with van der Waals surface area (Å²) in [5.74, 6) is -0.553. The molecular formula is C17H13Cl3F3N3O. The number of carbonyl (C=O) groups excluding carboxylic acids is 1. The van der Waals surface area contributed by atoms with Crippen molar-refractivity contribution in [1.82, 2.24) is 5.43 Å². The van der Waals surface area contributed by atoms with E-state index in [-0.39, 0.29) is 27.3 Å². The van der Waals surface area contributed by atoms with Crippen LogP contribution in [-0.4, -0.2) is 18.2 Å². The zero-order chi connectivity index (χ0) is 20.2. The molecule has 0 atom stereocenters. The average Bonchev–Trinajstić information content (AvgIpc) is 2.62. The van der Waals surface area contributed by atoms with E-state index in [1.54, 1.807) is 19.1 Å². The van der Waals surface area contributed by atoms with Crippen LogP contribution >= 0.6 is 34.8 Å². The molecule has 0 fully saturated rings. The number of nitrogens with zero attached hydrogens (tertiary/aromatic N) is 1. The van der Waals surface area contributed by atoms with Crippen LogP contribution in [0.4, 0.5) is 18.9 Å². The standard InChI is InChI=1S/C17H13Cl3F3N3O/c1-9(12-5-6-13(18)16(20)15(12)19)25-26-14(27)8-24-11-4-2-3-10(7-11)17(21,22)23/h2-7,24H,8H2,1H3,(H,26,27). The van der Waals surface area contributed by atoms with Gasteiger partial charge in [-0.3, -0.25) is 4.79 Å². The van der Waals surface area contributed by atoms with Crippen molar-refractivity contribution in [2.24, 2.45) is 5.10 Å². The molecule has 0 aliphatic rings. The van der Waals surface area contributed by atoms with E-state index < -0.39 is 17.6 Å². The van der Waals surface area contributed by atoms with E-state index in [1.807, 2.05) is 0 Å². The van der Waals surface area contributed by atoms with Gasteiger partial charge in [-0.05, 0) is 31.2 Å².